The second-order valence-corrected chi connectivity index (χ2v) is 18.3. The summed E-state index contributed by atoms with van der Waals surface area (Å²) in [5.41, 5.74) is 7.57. The Kier molecular flexibility index (Phi) is 9.62. The highest BCUT2D eigenvalue weighted by Crippen LogP contribution is 2.58. The van der Waals surface area contributed by atoms with Crippen molar-refractivity contribution in [2.24, 2.45) is 23.5 Å². The summed E-state index contributed by atoms with van der Waals surface area (Å²) < 4.78 is 54.5. The van der Waals surface area contributed by atoms with Gasteiger partial charge in [0.25, 0.3) is 0 Å². The zero-order chi connectivity index (χ0) is 36.1. The van der Waals surface area contributed by atoms with E-state index in [0.717, 1.165) is 56.1 Å². The molecule has 0 aromatic rings. The first-order valence-corrected chi connectivity index (χ1v) is 20.5. The van der Waals surface area contributed by atoms with E-state index in [1.165, 1.54) is 0 Å². The van der Waals surface area contributed by atoms with Crippen LogP contribution in [-0.4, -0.2) is 114 Å². The van der Waals surface area contributed by atoms with Crippen LogP contribution in [0.25, 0.3) is 0 Å². The van der Waals surface area contributed by atoms with Crippen LogP contribution in [0.1, 0.15) is 104 Å². The minimum Gasteiger partial charge on any atom is -0.392 e. The average molecular weight is 728 g/mol. The van der Waals surface area contributed by atoms with Crippen molar-refractivity contribution in [2.45, 2.75) is 201 Å². The summed E-state index contributed by atoms with van der Waals surface area (Å²) in [7, 11) is 0. The van der Waals surface area contributed by atoms with Crippen LogP contribution in [0.15, 0.2) is 24.3 Å². The van der Waals surface area contributed by atoms with Crippen LogP contribution in [0.2, 0.25) is 0 Å². The topological polar surface area (TPSA) is 137 Å². The first-order valence-electron chi connectivity index (χ1n) is 20.5. The van der Waals surface area contributed by atoms with Crippen LogP contribution >= 0.6 is 0 Å². The number of aliphatic hydroxyl groups is 1. The third-order valence-electron chi connectivity index (χ3n) is 14.6. The number of ether oxygens (including phenoxy) is 8. The normalized spacial score (nSPS) is 53.8. The van der Waals surface area contributed by atoms with Gasteiger partial charge in [-0.1, -0.05) is 27.0 Å². The smallest absolute Gasteiger partial charge is 0.172 e. The lowest BCUT2D eigenvalue weighted by Crippen LogP contribution is -2.61. The van der Waals surface area contributed by atoms with E-state index in [2.05, 4.69) is 33.9 Å². The van der Waals surface area contributed by atoms with Gasteiger partial charge in [0, 0.05) is 45.1 Å². The van der Waals surface area contributed by atoms with E-state index in [4.69, 9.17) is 43.6 Å². The third-order valence-corrected chi connectivity index (χ3v) is 14.6. The molecule has 3 N–H and O–H groups in total. The molecule has 0 saturated carbocycles. The predicted octanol–water partition coefficient (Wildman–Crippen LogP) is 4.45. The first-order chi connectivity index (χ1) is 24.9. The Morgan fingerprint density at radius 3 is 2.40 bits per heavy atom. The fraction of sp³-hybridized carbons (Fsp3) is 0.878. The molecule has 3 unspecified atom stereocenters. The maximum atomic E-state index is 14.0. The zero-order valence-electron chi connectivity index (χ0n) is 31.3. The van der Waals surface area contributed by atoms with E-state index in [1.807, 2.05) is 0 Å². The van der Waals surface area contributed by atoms with Gasteiger partial charge in [-0.2, -0.15) is 0 Å². The molecule has 10 fully saturated rings. The third kappa shape index (κ3) is 6.40. The van der Waals surface area contributed by atoms with E-state index in [0.29, 0.717) is 44.4 Å². The van der Waals surface area contributed by atoms with Crippen molar-refractivity contribution in [3.63, 3.8) is 0 Å². The molecule has 10 aliphatic heterocycles. The van der Waals surface area contributed by atoms with Crippen molar-refractivity contribution in [1.29, 1.82) is 0 Å². The van der Waals surface area contributed by atoms with Gasteiger partial charge in [0.1, 0.15) is 41.9 Å². The lowest BCUT2D eigenvalue weighted by Gasteiger charge is -2.47. The van der Waals surface area contributed by atoms with Gasteiger partial charge in [-0.3, -0.25) is 4.79 Å². The van der Waals surface area contributed by atoms with Crippen molar-refractivity contribution in [3.8, 4) is 0 Å². The van der Waals surface area contributed by atoms with E-state index >= 15 is 0 Å². The quantitative estimate of drug-likeness (QED) is 0.399. The van der Waals surface area contributed by atoms with Gasteiger partial charge in [0.15, 0.2) is 5.79 Å². The Hall–Kier alpha value is -1.25. The predicted molar refractivity (Wildman–Crippen MR) is 189 cm³/mol. The van der Waals surface area contributed by atoms with Crippen LogP contribution in [0, 0.1) is 17.8 Å². The summed E-state index contributed by atoms with van der Waals surface area (Å²) in [6.07, 6.45) is 6.17. The zero-order valence-corrected chi connectivity index (χ0v) is 31.3. The van der Waals surface area contributed by atoms with Gasteiger partial charge in [0.2, 0.25) is 0 Å². The molecule has 10 saturated heterocycles. The molecule has 0 aromatic carbocycles. The molecule has 11 heteroatoms. The molecule has 0 aliphatic carbocycles. The molecular weight excluding hydrogens is 666 g/mol. The maximum Gasteiger partial charge on any atom is 0.172 e. The molecule has 10 aliphatic rings. The Morgan fingerprint density at radius 1 is 0.808 bits per heavy atom. The fourth-order valence-electron chi connectivity index (χ4n) is 11.7. The van der Waals surface area contributed by atoms with Gasteiger partial charge in [0.05, 0.1) is 54.9 Å². The summed E-state index contributed by atoms with van der Waals surface area (Å²) in [5.74, 6) is -0.272. The van der Waals surface area contributed by atoms with Gasteiger partial charge >= 0.3 is 0 Å². The Morgan fingerprint density at radius 2 is 1.58 bits per heavy atom. The second-order valence-electron chi connectivity index (χ2n) is 18.3. The van der Waals surface area contributed by atoms with Gasteiger partial charge < -0.3 is 48.7 Å². The molecule has 19 atom stereocenters. The van der Waals surface area contributed by atoms with Crippen LogP contribution in [0.3, 0.4) is 0 Å². The first kappa shape index (κ1) is 36.4. The fourth-order valence-corrected chi connectivity index (χ4v) is 11.7. The SMILES string of the molecule is C=C1C[C@@H]2CC[C@@]34C[C@@]5(C)O[C@H]6[C@@H](O3)[C@H]3OC(CC[C@@H]3O[C@H]6[C@H]5O4)CC(=O)C[C@@H]3[C@@H](C)[C@@H](C[C@@H](O)CN)O[C@H]3CC3O[C@@H](CCC1O2)C[C@@H](C)C3=C. The molecule has 10 rings (SSSR count). The molecule has 290 valence electrons. The summed E-state index contributed by atoms with van der Waals surface area (Å²) in [5, 5.41) is 10.5. The molecule has 0 radical (unpaired) electrons. The van der Waals surface area contributed by atoms with Crippen molar-refractivity contribution < 1.29 is 47.8 Å². The molecule has 12 bridgehead atoms. The Bertz CT molecular complexity index is 1410. The molecule has 11 nitrogen and oxygen atoms in total. The summed E-state index contributed by atoms with van der Waals surface area (Å²) >= 11 is 0. The lowest BCUT2D eigenvalue weighted by molar-refractivity contribution is -0.294. The minimum absolute atomic E-state index is 0.00566. The summed E-state index contributed by atoms with van der Waals surface area (Å²) in [6, 6.07) is 0. The number of hydrogen-bond donors (Lipinski definition) is 2. The Labute approximate surface area is 308 Å². The van der Waals surface area contributed by atoms with Crippen molar-refractivity contribution in [3.05, 3.63) is 24.3 Å². The highest BCUT2D eigenvalue weighted by Gasteiger charge is 2.73. The summed E-state index contributed by atoms with van der Waals surface area (Å²) in [4.78, 5) is 14.0. The number of Topliss-reactive ketones (excluding diaryl/α,β-unsaturated/α-hetero) is 1. The van der Waals surface area contributed by atoms with Gasteiger partial charge in [-0.25, -0.2) is 0 Å². The van der Waals surface area contributed by atoms with E-state index in [1.54, 1.807) is 0 Å². The van der Waals surface area contributed by atoms with E-state index in [9.17, 15) is 9.90 Å². The van der Waals surface area contributed by atoms with Crippen LogP contribution in [0.5, 0.6) is 0 Å². The van der Waals surface area contributed by atoms with Crippen molar-refractivity contribution in [2.75, 3.05) is 6.54 Å². The number of fused-ring (bicyclic) bond motifs is 6. The Balaban J connectivity index is 0.994. The van der Waals surface area contributed by atoms with Crippen molar-refractivity contribution in [1.82, 2.24) is 0 Å². The monoisotopic (exact) mass is 727 g/mol. The van der Waals surface area contributed by atoms with Crippen molar-refractivity contribution >= 4 is 5.78 Å². The molecule has 1 spiro atoms. The highest BCUT2D eigenvalue weighted by atomic mass is 16.8. The van der Waals surface area contributed by atoms with Crippen LogP contribution in [-0.2, 0) is 42.7 Å². The number of carbonyl (C=O) groups excluding carboxylic acids is 1. The van der Waals surface area contributed by atoms with Gasteiger partial charge in [-0.15, -0.1) is 0 Å². The summed E-state index contributed by atoms with van der Waals surface area (Å²) in [6.45, 7) is 15.6. The van der Waals surface area contributed by atoms with Crippen LogP contribution in [0.4, 0.5) is 0 Å². The molecule has 52 heavy (non-hydrogen) atoms. The lowest BCUT2D eigenvalue weighted by atomic mass is 9.78. The number of aliphatic hydroxyl groups excluding tert-OH is 1. The van der Waals surface area contributed by atoms with E-state index in [-0.39, 0.29) is 104 Å². The number of ketones is 1. The average Bonchev–Trinajstić information content (AvgIpc) is 3.73. The maximum absolute atomic E-state index is 14.0. The second kappa shape index (κ2) is 13.7. The molecule has 0 amide bonds. The standard InChI is InChI=1S/C41H61NO10/c1-20-12-26-6-8-30-21(2)13-28(45-30)10-11-41-19-40(5)39(52-41)38-37(50-40)36(51-41)35-31(49-38)9-7-27(47-35)14-24(43)15-29-23(4)32(16-25(44)18-42)48-34(29)17-33(46-26)22(20)3/h20,23,25-39,44H,2-3,6-19,42H2,1,4-5H3/t20-,23-,25-,26+,27?,28+,29-,30?,31+,32-,33?,34+,35+,36+,37+,38-,39-,40-,41-/m1/s1. The van der Waals surface area contributed by atoms with Crippen LogP contribution < -0.4 is 5.73 Å². The molecule has 10 heterocycles. The highest BCUT2D eigenvalue weighted by molar-refractivity contribution is 5.79. The number of hydrogen-bond acceptors (Lipinski definition) is 11. The van der Waals surface area contributed by atoms with E-state index < -0.39 is 17.5 Å². The minimum atomic E-state index is -0.803. The number of carbonyl (C=O) groups is 1. The number of nitrogens with two attached hydrogens (primary N) is 1. The number of rotatable bonds is 3. The van der Waals surface area contributed by atoms with Gasteiger partial charge in [-0.05, 0) is 80.8 Å². The molecular formula is C41H61NO10. The largest absolute Gasteiger partial charge is 0.392 e. The molecule has 0 aromatic heterocycles.